The summed E-state index contributed by atoms with van der Waals surface area (Å²) < 4.78 is 7.62. The molecule has 4 nitrogen and oxygen atoms in total. The first-order valence-corrected chi connectivity index (χ1v) is 9.86. The number of rotatable bonds is 1. The van der Waals surface area contributed by atoms with E-state index >= 15 is 0 Å². The summed E-state index contributed by atoms with van der Waals surface area (Å²) in [5.41, 5.74) is 2.39. The molecule has 128 valence electrons. The van der Waals surface area contributed by atoms with Crippen molar-refractivity contribution in [1.29, 1.82) is 0 Å². The van der Waals surface area contributed by atoms with Gasteiger partial charge in [-0.3, -0.25) is 4.90 Å². The van der Waals surface area contributed by atoms with Crippen molar-refractivity contribution in [3.63, 3.8) is 0 Å². The van der Waals surface area contributed by atoms with E-state index in [0.29, 0.717) is 0 Å². The van der Waals surface area contributed by atoms with Crippen LogP contribution in [0.3, 0.4) is 0 Å². The second-order valence-corrected chi connectivity index (χ2v) is 12.9. The van der Waals surface area contributed by atoms with Crippen molar-refractivity contribution in [2.45, 2.75) is 58.4 Å². The van der Waals surface area contributed by atoms with Gasteiger partial charge in [0.05, 0.1) is 19.6 Å². The van der Waals surface area contributed by atoms with Crippen LogP contribution in [0.5, 0.6) is 0 Å². The van der Waals surface area contributed by atoms with Crippen molar-refractivity contribution in [2.75, 3.05) is 13.7 Å². The zero-order chi connectivity index (χ0) is 17.5. The van der Waals surface area contributed by atoms with Gasteiger partial charge in [0.25, 0.3) is 0 Å². The molecule has 1 aromatic carbocycles. The van der Waals surface area contributed by atoms with Gasteiger partial charge in [0.2, 0.25) is 0 Å². The summed E-state index contributed by atoms with van der Waals surface area (Å²) in [4.78, 5) is 2.30. The van der Waals surface area contributed by atoms with Crippen molar-refractivity contribution in [3.8, 4) is 0 Å². The quantitative estimate of drug-likeness (QED) is 0.512. The van der Waals surface area contributed by atoms with Gasteiger partial charge < -0.3 is 0 Å². The summed E-state index contributed by atoms with van der Waals surface area (Å²) in [5, 5.41) is 4.45. The summed E-state index contributed by atoms with van der Waals surface area (Å²) in [5.74, 6) is 0. The molecule has 0 aromatic heterocycles. The van der Waals surface area contributed by atoms with Crippen molar-refractivity contribution in [2.24, 2.45) is 9.85 Å². The minimum Gasteiger partial charge on any atom is -0.283 e. The van der Waals surface area contributed by atoms with E-state index in [0.717, 1.165) is 18.9 Å². The van der Waals surface area contributed by atoms with Crippen LogP contribution in [0.15, 0.2) is 34.1 Å². The van der Waals surface area contributed by atoms with Gasteiger partial charge in [-0.2, -0.15) is 5.10 Å². The molecule has 1 heterocycles. The molecule has 2 rings (SSSR count). The fourth-order valence-corrected chi connectivity index (χ4v) is 8.92. The first kappa shape index (κ1) is 18.2. The van der Waals surface area contributed by atoms with Gasteiger partial charge in [-0.25, -0.2) is 9.52 Å². The Morgan fingerprint density at radius 2 is 1.65 bits per heavy atom. The molecule has 23 heavy (non-hydrogen) atoms. The average molecular weight is 334 g/mol. The Kier molecular flexibility index (Phi) is 4.81. The van der Waals surface area contributed by atoms with Crippen LogP contribution >= 0.6 is 7.21 Å². The minimum absolute atomic E-state index is 0.00225. The van der Waals surface area contributed by atoms with Gasteiger partial charge in [0, 0.05) is 23.6 Å². The fourth-order valence-electron chi connectivity index (χ4n) is 3.73. The van der Waals surface area contributed by atoms with Crippen LogP contribution in [0.25, 0.3) is 0 Å². The Labute approximate surface area is 141 Å². The molecule has 0 radical (unpaired) electrons. The van der Waals surface area contributed by atoms with Crippen molar-refractivity contribution in [3.05, 3.63) is 29.8 Å². The lowest BCUT2D eigenvalue weighted by Gasteiger charge is -2.52. The fraction of sp³-hybridized carbons (Fsp3) is 0.611. The normalized spacial score (nSPS) is 19.3. The van der Waals surface area contributed by atoms with Crippen LogP contribution in [0.1, 0.15) is 47.1 Å². The first-order chi connectivity index (χ1) is 10.5. The predicted octanol–water partition coefficient (Wildman–Crippen LogP) is 5.35. The maximum absolute atomic E-state index is 5.44. The number of hydrogen-bond donors (Lipinski definition) is 0. The van der Waals surface area contributed by atoms with Gasteiger partial charge in [-0.15, -0.1) is 0 Å². The van der Waals surface area contributed by atoms with Crippen LogP contribution < -0.4 is 0 Å². The van der Waals surface area contributed by atoms with Crippen molar-refractivity contribution < 1.29 is 0 Å². The van der Waals surface area contributed by atoms with Crippen molar-refractivity contribution >= 4 is 19.6 Å². The molecule has 5 heteroatoms. The standard InChI is InChI=1S/C18H31N4P/c1-17(2,3)23(18(4,5)6)20-16-12-10-9-11-15(16)13-21(8)14-22(23)19-7/h9-12H,7,13-14H2,1-6,8H3. The summed E-state index contributed by atoms with van der Waals surface area (Å²) in [6, 6.07) is 8.51. The van der Waals surface area contributed by atoms with Gasteiger partial charge in [-0.05, 0) is 18.7 Å². The second kappa shape index (κ2) is 6.07. The van der Waals surface area contributed by atoms with E-state index in [9.17, 15) is 0 Å². The molecule has 0 bridgehead atoms. The number of benzene rings is 1. The number of nitrogens with zero attached hydrogens (tertiary/aromatic N) is 4. The van der Waals surface area contributed by atoms with Gasteiger partial charge in [0.15, 0.2) is 0 Å². The lowest BCUT2D eigenvalue weighted by molar-refractivity contribution is 0.226. The zero-order valence-electron chi connectivity index (χ0n) is 15.7. The molecule has 0 fully saturated rings. The molecule has 0 spiro atoms. The Morgan fingerprint density at radius 1 is 1.09 bits per heavy atom. The highest BCUT2D eigenvalue weighted by atomic mass is 31.2. The predicted molar refractivity (Wildman–Crippen MR) is 103 cm³/mol. The van der Waals surface area contributed by atoms with Gasteiger partial charge >= 0.3 is 0 Å². The number of hydrogen-bond acceptors (Lipinski definition) is 4. The minimum atomic E-state index is -2.02. The van der Waals surface area contributed by atoms with Crippen molar-refractivity contribution in [1.82, 2.24) is 9.68 Å². The number of hydrazone groups is 1. The van der Waals surface area contributed by atoms with Gasteiger partial charge in [-0.1, -0.05) is 59.7 Å². The molecular weight excluding hydrogens is 303 g/mol. The smallest absolute Gasteiger partial charge is 0.0936 e. The molecule has 0 unspecified atom stereocenters. The maximum atomic E-state index is 5.44. The number of fused-ring (bicyclic) bond motifs is 1. The molecule has 0 amide bonds. The lowest BCUT2D eigenvalue weighted by Crippen LogP contribution is -2.42. The largest absolute Gasteiger partial charge is 0.283 e. The lowest BCUT2D eigenvalue weighted by atomic mass is 10.2. The molecule has 0 N–H and O–H groups in total. The van der Waals surface area contributed by atoms with Crippen LogP contribution in [0.4, 0.5) is 5.69 Å². The third-order valence-corrected chi connectivity index (χ3v) is 9.59. The Hall–Kier alpha value is -1.12. The van der Waals surface area contributed by atoms with Crippen LogP contribution in [-0.2, 0) is 6.54 Å². The molecule has 0 saturated carbocycles. The summed E-state index contributed by atoms with van der Waals surface area (Å²) in [6.07, 6.45) is 0. The van der Waals surface area contributed by atoms with E-state index in [-0.39, 0.29) is 10.3 Å². The topological polar surface area (TPSA) is 31.2 Å². The maximum Gasteiger partial charge on any atom is 0.0936 e. The molecule has 0 atom stereocenters. The van der Waals surface area contributed by atoms with Gasteiger partial charge in [0.1, 0.15) is 0 Å². The van der Waals surface area contributed by atoms with E-state index in [4.69, 9.17) is 4.74 Å². The highest BCUT2D eigenvalue weighted by molar-refractivity contribution is 7.67. The molecule has 1 aromatic rings. The monoisotopic (exact) mass is 334 g/mol. The van der Waals surface area contributed by atoms with E-state index in [2.05, 4.69) is 94.4 Å². The third-order valence-electron chi connectivity index (χ3n) is 4.42. The van der Waals surface area contributed by atoms with Crippen LogP contribution in [0.2, 0.25) is 0 Å². The van der Waals surface area contributed by atoms with E-state index in [1.165, 1.54) is 5.56 Å². The zero-order valence-corrected chi connectivity index (χ0v) is 16.6. The Balaban J connectivity index is 2.91. The molecule has 0 aliphatic carbocycles. The van der Waals surface area contributed by atoms with Crippen LogP contribution in [-0.4, -0.2) is 40.4 Å². The molecular formula is C18H31N4P. The highest BCUT2D eigenvalue weighted by Gasteiger charge is 2.48. The van der Waals surface area contributed by atoms with E-state index in [1.807, 2.05) is 0 Å². The Bertz CT molecular complexity index is 619. The van der Waals surface area contributed by atoms with E-state index < -0.39 is 7.21 Å². The molecule has 0 saturated heterocycles. The molecule has 1 aliphatic heterocycles. The van der Waals surface area contributed by atoms with E-state index in [1.54, 1.807) is 0 Å². The van der Waals surface area contributed by atoms with Crippen LogP contribution in [0, 0.1) is 0 Å². The average Bonchev–Trinajstić information content (AvgIpc) is 2.39. The SMILES string of the molecule is C=NN1CN(C)Cc2ccccc2N=P1(C(C)(C)C)C(C)(C)C. The second-order valence-electron chi connectivity index (χ2n) is 8.34. The summed E-state index contributed by atoms with van der Waals surface area (Å²) >= 11 is 0. The third kappa shape index (κ3) is 3.12. The Morgan fingerprint density at radius 3 is 2.17 bits per heavy atom. The first-order valence-electron chi connectivity index (χ1n) is 8.16. The molecule has 1 aliphatic rings. The summed E-state index contributed by atoms with van der Waals surface area (Å²) in [6.45, 7) is 19.3. The highest BCUT2D eigenvalue weighted by Crippen LogP contribution is 2.73. The summed E-state index contributed by atoms with van der Waals surface area (Å²) in [7, 11) is 0.118.